The minimum absolute atomic E-state index is 0.731. The van der Waals surface area contributed by atoms with Gasteiger partial charge in [0.1, 0.15) is 5.01 Å². The van der Waals surface area contributed by atoms with Gasteiger partial charge in [-0.05, 0) is 6.42 Å². The van der Waals surface area contributed by atoms with Crippen molar-refractivity contribution in [3.05, 3.63) is 40.4 Å². The molecule has 0 spiro atoms. The van der Waals surface area contributed by atoms with Crippen molar-refractivity contribution in [1.82, 2.24) is 20.3 Å². The van der Waals surface area contributed by atoms with Gasteiger partial charge in [-0.3, -0.25) is 9.97 Å². The number of rotatable bonds is 5. The van der Waals surface area contributed by atoms with Crippen LogP contribution in [-0.4, -0.2) is 15.0 Å². The van der Waals surface area contributed by atoms with Crippen molar-refractivity contribution in [3.63, 3.8) is 0 Å². The summed E-state index contributed by atoms with van der Waals surface area (Å²) in [6, 6.07) is 0. The molecule has 5 heteroatoms. The van der Waals surface area contributed by atoms with Crippen LogP contribution in [0.1, 0.15) is 22.5 Å². The largest absolute Gasteiger partial charge is 0.305 e. The molecule has 0 unspecified atom stereocenters. The first-order valence-corrected chi connectivity index (χ1v) is 6.09. The fourth-order valence-electron chi connectivity index (χ4n) is 1.31. The van der Waals surface area contributed by atoms with E-state index in [4.69, 9.17) is 0 Å². The van der Waals surface area contributed by atoms with Crippen molar-refractivity contribution >= 4 is 11.3 Å². The zero-order valence-electron chi connectivity index (χ0n) is 9.18. The van der Waals surface area contributed by atoms with Gasteiger partial charge in [0.15, 0.2) is 0 Å². The van der Waals surface area contributed by atoms with E-state index in [9.17, 15) is 0 Å². The van der Waals surface area contributed by atoms with Gasteiger partial charge in [0.2, 0.25) is 0 Å². The van der Waals surface area contributed by atoms with Crippen LogP contribution in [0.5, 0.6) is 0 Å². The number of nitrogens with zero attached hydrogens (tertiary/aromatic N) is 3. The first-order chi connectivity index (χ1) is 7.88. The predicted molar refractivity (Wildman–Crippen MR) is 64.1 cm³/mol. The molecule has 4 nitrogen and oxygen atoms in total. The second kappa shape index (κ2) is 5.67. The van der Waals surface area contributed by atoms with Crippen LogP contribution in [0.15, 0.2) is 24.8 Å². The van der Waals surface area contributed by atoms with Crippen LogP contribution >= 0.6 is 11.3 Å². The Morgan fingerprint density at radius 2 is 2.12 bits per heavy atom. The van der Waals surface area contributed by atoms with Crippen LogP contribution in [-0.2, 0) is 19.5 Å². The highest BCUT2D eigenvalue weighted by Crippen LogP contribution is 2.12. The zero-order valence-corrected chi connectivity index (χ0v) is 10.00. The van der Waals surface area contributed by atoms with Gasteiger partial charge in [-0.2, -0.15) is 0 Å². The van der Waals surface area contributed by atoms with E-state index in [-0.39, 0.29) is 0 Å². The highest BCUT2D eigenvalue weighted by molar-refractivity contribution is 7.11. The summed E-state index contributed by atoms with van der Waals surface area (Å²) in [7, 11) is 0. The Hall–Kier alpha value is -1.33. The maximum atomic E-state index is 4.34. The summed E-state index contributed by atoms with van der Waals surface area (Å²) in [6.45, 7) is 3.67. The maximum absolute atomic E-state index is 4.34. The lowest BCUT2D eigenvalue weighted by Gasteiger charge is -2.00. The highest BCUT2D eigenvalue weighted by atomic mass is 32.1. The maximum Gasteiger partial charge on any atom is 0.107 e. The number of aryl methyl sites for hydroxylation is 1. The van der Waals surface area contributed by atoms with Crippen molar-refractivity contribution in [2.24, 2.45) is 0 Å². The molecule has 0 aromatic carbocycles. The van der Waals surface area contributed by atoms with E-state index >= 15 is 0 Å². The fourth-order valence-corrected chi connectivity index (χ4v) is 2.14. The Balaban J connectivity index is 1.80. The molecule has 0 atom stereocenters. The fraction of sp³-hybridized carbons (Fsp3) is 0.364. The molecule has 84 valence electrons. The van der Waals surface area contributed by atoms with E-state index in [0.717, 1.165) is 30.2 Å². The first-order valence-electron chi connectivity index (χ1n) is 5.27. The van der Waals surface area contributed by atoms with Gasteiger partial charge in [-0.1, -0.05) is 6.92 Å². The summed E-state index contributed by atoms with van der Waals surface area (Å²) < 4.78 is 0. The van der Waals surface area contributed by atoms with E-state index in [0.29, 0.717) is 0 Å². The second-order valence-electron chi connectivity index (χ2n) is 3.37. The van der Waals surface area contributed by atoms with Gasteiger partial charge in [0, 0.05) is 42.8 Å². The van der Waals surface area contributed by atoms with E-state index in [1.54, 1.807) is 29.9 Å². The third kappa shape index (κ3) is 3.08. The lowest BCUT2D eigenvalue weighted by atomic mass is 10.4. The van der Waals surface area contributed by atoms with Crippen molar-refractivity contribution in [2.75, 3.05) is 0 Å². The molecule has 2 aromatic rings. The molecule has 0 fully saturated rings. The zero-order chi connectivity index (χ0) is 11.2. The van der Waals surface area contributed by atoms with Gasteiger partial charge in [-0.15, -0.1) is 11.3 Å². The van der Waals surface area contributed by atoms with Crippen molar-refractivity contribution < 1.29 is 0 Å². The Kier molecular flexibility index (Phi) is 3.96. The third-order valence-corrected chi connectivity index (χ3v) is 3.29. The van der Waals surface area contributed by atoms with Gasteiger partial charge in [0.05, 0.1) is 5.69 Å². The Bertz CT molecular complexity index is 427. The normalized spacial score (nSPS) is 10.6. The van der Waals surface area contributed by atoms with Crippen LogP contribution < -0.4 is 5.32 Å². The monoisotopic (exact) mass is 234 g/mol. The molecular weight excluding hydrogens is 220 g/mol. The van der Waals surface area contributed by atoms with Gasteiger partial charge < -0.3 is 5.32 Å². The molecule has 16 heavy (non-hydrogen) atoms. The molecule has 2 rings (SSSR count). The van der Waals surface area contributed by atoms with Gasteiger partial charge >= 0.3 is 0 Å². The average molecular weight is 234 g/mol. The summed E-state index contributed by atoms with van der Waals surface area (Å²) in [5.41, 5.74) is 0.953. The molecule has 1 N–H and O–H groups in total. The van der Waals surface area contributed by atoms with Crippen molar-refractivity contribution in [3.8, 4) is 0 Å². The van der Waals surface area contributed by atoms with Crippen LogP contribution in [0.2, 0.25) is 0 Å². The molecule has 0 radical (unpaired) electrons. The van der Waals surface area contributed by atoms with Crippen LogP contribution in [0.4, 0.5) is 0 Å². The molecule has 0 aliphatic rings. The molecule has 0 aliphatic heterocycles. The molecule has 2 heterocycles. The van der Waals surface area contributed by atoms with Crippen LogP contribution in [0.25, 0.3) is 0 Å². The summed E-state index contributed by atoms with van der Waals surface area (Å²) in [6.07, 6.45) is 8.16. The number of nitrogens with one attached hydrogen (secondary N) is 1. The van der Waals surface area contributed by atoms with E-state index in [2.05, 4.69) is 27.2 Å². The summed E-state index contributed by atoms with van der Waals surface area (Å²) in [5.74, 6) is 0. The SMILES string of the molecule is CCc1cnc(CNCc2cnccn2)s1. The molecule has 0 saturated carbocycles. The Labute approximate surface area is 98.8 Å². The van der Waals surface area contributed by atoms with Gasteiger partial charge in [-0.25, -0.2) is 4.98 Å². The summed E-state index contributed by atoms with van der Waals surface area (Å²) in [5, 5.41) is 4.43. The third-order valence-electron chi connectivity index (χ3n) is 2.15. The average Bonchev–Trinajstić information content (AvgIpc) is 2.78. The smallest absolute Gasteiger partial charge is 0.107 e. The molecule has 2 aromatic heterocycles. The van der Waals surface area contributed by atoms with E-state index in [1.165, 1.54) is 4.88 Å². The lowest BCUT2D eigenvalue weighted by Crippen LogP contribution is -2.13. The first kappa shape index (κ1) is 11.2. The lowest BCUT2D eigenvalue weighted by molar-refractivity contribution is 0.674. The van der Waals surface area contributed by atoms with Gasteiger partial charge in [0.25, 0.3) is 0 Å². The number of hydrogen-bond donors (Lipinski definition) is 1. The Morgan fingerprint density at radius 1 is 1.19 bits per heavy atom. The standard InChI is InChI=1S/C11H14N4S/c1-2-10-7-15-11(16-10)8-13-6-9-5-12-3-4-14-9/h3-5,7,13H,2,6,8H2,1H3. The molecule has 0 amide bonds. The number of thiazole rings is 1. The highest BCUT2D eigenvalue weighted by Gasteiger charge is 2.00. The van der Waals surface area contributed by atoms with E-state index in [1.807, 2.05) is 6.20 Å². The molecule has 0 saturated heterocycles. The van der Waals surface area contributed by atoms with Crippen LogP contribution in [0, 0.1) is 0 Å². The second-order valence-corrected chi connectivity index (χ2v) is 4.57. The van der Waals surface area contributed by atoms with E-state index < -0.39 is 0 Å². The quantitative estimate of drug-likeness (QED) is 0.857. The predicted octanol–water partition coefficient (Wildman–Crippen LogP) is 1.79. The Morgan fingerprint density at radius 3 is 2.81 bits per heavy atom. The minimum Gasteiger partial charge on any atom is -0.305 e. The molecule has 0 aliphatic carbocycles. The molecular formula is C11H14N4S. The minimum atomic E-state index is 0.731. The van der Waals surface area contributed by atoms with Crippen molar-refractivity contribution in [1.29, 1.82) is 0 Å². The number of aromatic nitrogens is 3. The molecule has 0 bridgehead atoms. The number of hydrogen-bond acceptors (Lipinski definition) is 5. The summed E-state index contributed by atoms with van der Waals surface area (Å²) >= 11 is 1.76. The topological polar surface area (TPSA) is 50.7 Å². The van der Waals surface area contributed by atoms with Crippen LogP contribution in [0.3, 0.4) is 0 Å². The van der Waals surface area contributed by atoms with Crippen molar-refractivity contribution in [2.45, 2.75) is 26.4 Å². The summed E-state index contributed by atoms with van der Waals surface area (Å²) in [4.78, 5) is 13.9.